The van der Waals surface area contributed by atoms with Crippen LogP contribution in [-0.4, -0.2) is 25.0 Å². The van der Waals surface area contributed by atoms with Crippen LogP contribution >= 0.6 is 15.9 Å². The molecule has 0 bridgehead atoms. The Morgan fingerprint density at radius 3 is 2.75 bits per heavy atom. The Hall–Kier alpha value is -0.320. The molecule has 0 saturated heterocycles. The molecule has 4 heteroatoms. The summed E-state index contributed by atoms with van der Waals surface area (Å²) in [6.45, 7) is 3.85. The van der Waals surface area contributed by atoms with Crippen molar-refractivity contribution in [3.63, 3.8) is 0 Å². The predicted molar refractivity (Wildman–Crippen MR) is 70.4 cm³/mol. The van der Waals surface area contributed by atoms with Gasteiger partial charge in [0, 0.05) is 6.54 Å². The lowest BCUT2D eigenvalue weighted by Crippen LogP contribution is -2.31. The molecule has 1 rings (SSSR count). The third-order valence-electron chi connectivity index (χ3n) is 2.82. The molecule has 2 N–H and O–H groups in total. The minimum atomic E-state index is 0.168. The maximum Gasteiger partial charge on any atom is 0.136 e. The summed E-state index contributed by atoms with van der Waals surface area (Å²) in [5, 5.41) is 0. The highest BCUT2D eigenvalue weighted by atomic mass is 79.9. The number of nitrogens with two attached hydrogens (primary N) is 1. The van der Waals surface area contributed by atoms with Gasteiger partial charge in [-0.05, 0) is 42.0 Å². The van der Waals surface area contributed by atoms with Crippen LogP contribution in [0.1, 0.15) is 38.0 Å². The van der Waals surface area contributed by atoms with Crippen molar-refractivity contribution in [2.75, 3.05) is 20.1 Å². The van der Waals surface area contributed by atoms with E-state index < -0.39 is 0 Å². The lowest BCUT2D eigenvalue weighted by molar-refractivity contribution is 0.215. The molecule has 0 fully saturated rings. The van der Waals surface area contributed by atoms with E-state index in [0.717, 1.165) is 16.8 Å². The van der Waals surface area contributed by atoms with Crippen LogP contribution in [0.4, 0.5) is 0 Å². The molecule has 0 aliphatic rings. The van der Waals surface area contributed by atoms with Crippen molar-refractivity contribution in [2.45, 2.75) is 32.2 Å². The van der Waals surface area contributed by atoms with Crippen molar-refractivity contribution in [3.05, 3.63) is 22.6 Å². The summed E-state index contributed by atoms with van der Waals surface area (Å²) < 4.78 is 6.48. The van der Waals surface area contributed by atoms with Gasteiger partial charge in [-0.3, -0.25) is 4.90 Å². The first-order chi connectivity index (χ1) is 7.70. The Morgan fingerprint density at radius 1 is 1.50 bits per heavy atom. The largest absolute Gasteiger partial charge is 0.466 e. The van der Waals surface area contributed by atoms with Crippen molar-refractivity contribution >= 4 is 15.9 Å². The molecule has 92 valence electrons. The smallest absolute Gasteiger partial charge is 0.136 e. The zero-order valence-corrected chi connectivity index (χ0v) is 11.7. The fourth-order valence-electron chi connectivity index (χ4n) is 1.80. The Bertz CT molecular complexity index is 301. The van der Waals surface area contributed by atoms with Gasteiger partial charge >= 0.3 is 0 Å². The topological polar surface area (TPSA) is 42.4 Å². The number of furan rings is 1. The van der Waals surface area contributed by atoms with Gasteiger partial charge in [0.2, 0.25) is 0 Å². The molecular weight excluding hydrogens is 268 g/mol. The minimum absolute atomic E-state index is 0.168. The number of hydrogen-bond acceptors (Lipinski definition) is 3. The minimum Gasteiger partial charge on any atom is -0.466 e. The molecule has 0 aromatic carbocycles. The van der Waals surface area contributed by atoms with Crippen molar-refractivity contribution in [3.8, 4) is 0 Å². The Balaban J connectivity index is 2.57. The van der Waals surface area contributed by atoms with Gasteiger partial charge in [0.05, 0.1) is 16.8 Å². The van der Waals surface area contributed by atoms with Crippen LogP contribution in [0.15, 0.2) is 21.2 Å². The van der Waals surface area contributed by atoms with E-state index in [2.05, 4.69) is 34.8 Å². The summed E-state index contributed by atoms with van der Waals surface area (Å²) in [4.78, 5) is 2.26. The average Bonchev–Trinajstić information content (AvgIpc) is 2.67. The van der Waals surface area contributed by atoms with E-state index in [1.54, 1.807) is 6.26 Å². The lowest BCUT2D eigenvalue weighted by atomic mass is 10.1. The monoisotopic (exact) mass is 288 g/mol. The highest BCUT2D eigenvalue weighted by molar-refractivity contribution is 9.10. The number of unbranched alkanes of at least 4 members (excludes halogenated alkanes) is 2. The van der Waals surface area contributed by atoms with Gasteiger partial charge in [0.25, 0.3) is 0 Å². The quantitative estimate of drug-likeness (QED) is 0.784. The molecule has 3 nitrogen and oxygen atoms in total. The van der Waals surface area contributed by atoms with Crippen LogP contribution in [0.3, 0.4) is 0 Å². The van der Waals surface area contributed by atoms with Crippen molar-refractivity contribution < 1.29 is 4.42 Å². The first-order valence-electron chi connectivity index (χ1n) is 5.83. The molecule has 1 aromatic rings. The van der Waals surface area contributed by atoms with Gasteiger partial charge in [0.1, 0.15) is 5.76 Å². The highest BCUT2D eigenvalue weighted by Crippen LogP contribution is 2.27. The zero-order valence-electron chi connectivity index (χ0n) is 10.1. The molecule has 0 saturated carbocycles. The third-order valence-corrected chi connectivity index (χ3v) is 3.47. The van der Waals surface area contributed by atoms with E-state index in [1.807, 2.05) is 6.07 Å². The van der Waals surface area contributed by atoms with Crippen LogP contribution in [0.2, 0.25) is 0 Å². The maximum atomic E-state index is 5.82. The molecular formula is C12H21BrN2O. The summed E-state index contributed by atoms with van der Waals surface area (Å²) in [5.74, 6) is 0.932. The molecule has 16 heavy (non-hydrogen) atoms. The van der Waals surface area contributed by atoms with E-state index in [0.29, 0.717) is 6.54 Å². The molecule has 1 unspecified atom stereocenters. The van der Waals surface area contributed by atoms with E-state index >= 15 is 0 Å². The Kier molecular flexibility index (Phi) is 6.09. The number of likely N-dealkylation sites (N-methyl/N-ethyl adjacent to an activating group) is 1. The highest BCUT2D eigenvalue weighted by Gasteiger charge is 2.20. The SMILES string of the molecule is CCCCCN(C)C(CN)c1occc1Br. The van der Waals surface area contributed by atoms with Gasteiger partial charge in [-0.25, -0.2) is 0 Å². The van der Waals surface area contributed by atoms with E-state index in [1.165, 1.54) is 19.3 Å². The van der Waals surface area contributed by atoms with E-state index in [9.17, 15) is 0 Å². The van der Waals surface area contributed by atoms with E-state index in [4.69, 9.17) is 10.2 Å². The van der Waals surface area contributed by atoms with Gasteiger partial charge in [-0.15, -0.1) is 0 Å². The first-order valence-corrected chi connectivity index (χ1v) is 6.63. The van der Waals surface area contributed by atoms with Gasteiger partial charge in [-0.1, -0.05) is 19.8 Å². The first kappa shape index (κ1) is 13.7. The molecule has 1 atom stereocenters. The summed E-state index contributed by atoms with van der Waals surface area (Å²) in [7, 11) is 2.10. The second kappa shape index (κ2) is 7.09. The molecule has 1 aromatic heterocycles. The van der Waals surface area contributed by atoms with Gasteiger partial charge < -0.3 is 10.2 Å². The molecule has 0 radical (unpaired) electrons. The Labute approximate surface area is 106 Å². The van der Waals surface area contributed by atoms with Crippen LogP contribution in [0, 0.1) is 0 Å². The second-order valence-electron chi connectivity index (χ2n) is 4.07. The number of halogens is 1. The average molecular weight is 289 g/mol. The van der Waals surface area contributed by atoms with Gasteiger partial charge in [0.15, 0.2) is 0 Å². The normalized spacial score (nSPS) is 13.3. The van der Waals surface area contributed by atoms with Crippen LogP contribution in [0.25, 0.3) is 0 Å². The predicted octanol–water partition coefficient (Wildman–Crippen LogP) is 3.16. The van der Waals surface area contributed by atoms with Gasteiger partial charge in [-0.2, -0.15) is 0 Å². The molecule has 0 amide bonds. The zero-order chi connectivity index (χ0) is 12.0. The molecule has 0 spiro atoms. The van der Waals surface area contributed by atoms with Crippen LogP contribution in [0.5, 0.6) is 0 Å². The molecule has 0 aliphatic carbocycles. The summed E-state index contributed by atoms with van der Waals surface area (Å²) in [5.41, 5.74) is 5.82. The number of hydrogen-bond donors (Lipinski definition) is 1. The fourth-order valence-corrected chi connectivity index (χ4v) is 2.26. The molecule has 1 heterocycles. The maximum absolute atomic E-state index is 5.82. The summed E-state index contributed by atoms with van der Waals surface area (Å²) >= 11 is 3.48. The van der Waals surface area contributed by atoms with Crippen molar-refractivity contribution in [1.82, 2.24) is 4.90 Å². The van der Waals surface area contributed by atoms with Crippen LogP contribution < -0.4 is 5.73 Å². The van der Waals surface area contributed by atoms with Crippen molar-refractivity contribution in [2.24, 2.45) is 5.73 Å². The fraction of sp³-hybridized carbons (Fsp3) is 0.667. The van der Waals surface area contributed by atoms with Crippen molar-refractivity contribution in [1.29, 1.82) is 0 Å². The number of rotatable bonds is 7. The standard InChI is InChI=1S/C12H21BrN2O/c1-3-4-5-7-15(2)11(9-14)12-10(13)6-8-16-12/h6,8,11H,3-5,7,9,14H2,1-2H3. The molecule has 0 aliphatic heterocycles. The summed E-state index contributed by atoms with van der Waals surface area (Å²) in [6.07, 6.45) is 5.41. The number of nitrogens with zero attached hydrogens (tertiary/aromatic N) is 1. The Morgan fingerprint density at radius 2 is 2.25 bits per heavy atom. The third kappa shape index (κ3) is 3.61. The second-order valence-corrected chi connectivity index (χ2v) is 4.93. The van der Waals surface area contributed by atoms with E-state index in [-0.39, 0.29) is 6.04 Å². The summed E-state index contributed by atoms with van der Waals surface area (Å²) in [6, 6.07) is 2.08. The van der Waals surface area contributed by atoms with Crippen LogP contribution in [-0.2, 0) is 0 Å². The lowest BCUT2D eigenvalue weighted by Gasteiger charge is -2.25.